The molecule has 0 aliphatic heterocycles. The molecular weight excluding hydrogens is 234 g/mol. The molecule has 0 unspecified atom stereocenters. The van der Waals surface area contributed by atoms with Gasteiger partial charge >= 0.3 is 0 Å². The summed E-state index contributed by atoms with van der Waals surface area (Å²) in [6.45, 7) is 15.1. The number of nitrogens with zero attached hydrogens (tertiary/aromatic N) is 3. The minimum atomic E-state index is 0.178. The van der Waals surface area contributed by atoms with E-state index in [1.165, 1.54) is 5.56 Å². The quantitative estimate of drug-likeness (QED) is 0.547. The van der Waals surface area contributed by atoms with Crippen LogP contribution in [0.1, 0.15) is 54.0 Å². The van der Waals surface area contributed by atoms with E-state index in [-0.39, 0.29) is 5.41 Å². The van der Waals surface area contributed by atoms with E-state index in [0.29, 0.717) is 12.1 Å². The summed E-state index contributed by atoms with van der Waals surface area (Å²) in [6, 6.07) is 9.04. The van der Waals surface area contributed by atoms with Crippen LogP contribution in [0.5, 0.6) is 0 Å². The second-order valence-electron chi connectivity index (χ2n) is 6.55. The molecule has 0 atom stereocenters. The monoisotopic (exact) mass is 261 g/mol. The number of benzene rings is 1. The molecule has 0 aliphatic carbocycles. The van der Waals surface area contributed by atoms with Crippen LogP contribution in [-0.2, 0) is 5.41 Å². The molecule has 0 fully saturated rings. The van der Waals surface area contributed by atoms with Gasteiger partial charge in [-0.1, -0.05) is 38.1 Å². The van der Waals surface area contributed by atoms with Crippen molar-refractivity contribution in [3.63, 3.8) is 0 Å². The minimum Gasteiger partial charge on any atom is -0.273 e. The largest absolute Gasteiger partial charge is 0.273 e. The Hall–Kier alpha value is -1.38. The lowest BCUT2D eigenvalue weighted by molar-refractivity contribution is 0.169. The summed E-state index contributed by atoms with van der Waals surface area (Å²) < 4.78 is 0. The maximum Gasteiger partial charge on any atom is 0.0874 e. The molecule has 3 heteroatoms. The van der Waals surface area contributed by atoms with Gasteiger partial charge in [0.1, 0.15) is 0 Å². The van der Waals surface area contributed by atoms with Gasteiger partial charge < -0.3 is 0 Å². The van der Waals surface area contributed by atoms with Crippen molar-refractivity contribution < 1.29 is 0 Å². The molecule has 1 rings (SSSR count). The molecule has 0 aliphatic rings. The van der Waals surface area contributed by atoms with Gasteiger partial charge in [0.25, 0.3) is 0 Å². The average Bonchev–Trinajstić information content (AvgIpc) is 2.27. The molecule has 3 nitrogen and oxygen atoms in total. The van der Waals surface area contributed by atoms with Crippen LogP contribution in [0.3, 0.4) is 0 Å². The summed E-state index contributed by atoms with van der Waals surface area (Å²) >= 11 is 0. The fraction of sp³-hybridized carbons (Fsp3) is 0.625. The van der Waals surface area contributed by atoms with E-state index in [1.807, 2.05) is 17.1 Å². The number of hydrogen-bond acceptors (Lipinski definition) is 2. The van der Waals surface area contributed by atoms with Gasteiger partial charge in [0.2, 0.25) is 0 Å². The summed E-state index contributed by atoms with van der Waals surface area (Å²) in [6.07, 6.45) is 0. The predicted octanol–water partition coefficient (Wildman–Crippen LogP) is 5.10. The Bertz CT molecular complexity index is 403. The first-order chi connectivity index (χ1) is 8.71. The highest BCUT2D eigenvalue weighted by Crippen LogP contribution is 2.24. The van der Waals surface area contributed by atoms with Gasteiger partial charge in [0, 0.05) is 12.1 Å². The van der Waals surface area contributed by atoms with Crippen LogP contribution in [-0.4, -0.2) is 17.1 Å². The second kappa shape index (κ2) is 6.18. The van der Waals surface area contributed by atoms with E-state index in [0.717, 1.165) is 5.69 Å². The first-order valence-electron chi connectivity index (χ1n) is 7.02. The van der Waals surface area contributed by atoms with Crippen LogP contribution in [0.2, 0.25) is 0 Å². The maximum absolute atomic E-state index is 4.34. The molecule has 0 saturated heterocycles. The second-order valence-corrected chi connectivity index (χ2v) is 6.55. The van der Waals surface area contributed by atoms with Crippen LogP contribution in [0.15, 0.2) is 34.6 Å². The lowest BCUT2D eigenvalue weighted by Gasteiger charge is -2.25. The Morgan fingerprint density at radius 3 is 1.74 bits per heavy atom. The third kappa shape index (κ3) is 4.66. The van der Waals surface area contributed by atoms with Gasteiger partial charge in [-0.2, -0.15) is 0 Å². The molecule has 106 valence electrons. The molecule has 0 saturated carbocycles. The first kappa shape index (κ1) is 15.7. The lowest BCUT2D eigenvalue weighted by atomic mass is 9.87. The Balaban J connectivity index is 2.83. The van der Waals surface area contributed by atoms with Crippen molar-refractivity contribution in [1.29, 1.82) is 0 Å². The fourth-order valence-corrected chi connectivity index (χ4v) is 1.93. The van der Waals surface area contributed by atoms with E-state index < -0.39 is 0 Å². The molecule has 1 aromatic carbocycles. The van der Waals surface area contributed by atoms with Gasteiger partial charge in [-0.05, 0) is 50.8 Å². The first-order valence-corrected chi connectivity index (χ1v) is 7.02. The highest BCUT2D eigenvalue weighted by Gasteiger charge is 2.13. The number of hydrogen-bond donors (Lipinski definition) is 0. The van der Waals surface area contributed by atoms with Gasteiger partial charge in [0.05, 0.1) is 5.69 Å². The molecule has 0 spiro atoms. The highest BCUT2D eigenvalue weighted by atomic mass is 15.6. The van der Waals surface area contributed by atoms with Gasteiger partial charge in [-0.3, -0.25) is 5.01 Å². The van der Waals surface area contributed by atoms with Crippen molar-refractivity contribution in [3.8, 4) is 0 Å². The van der Waals surface area contributed by atoms with Crippen LogP contribution in [0, 0.1) is 0 Å². The lowest BCUT2D eigenvalue weighted by Crippen LogP contribution is -2.31. The highest BCUT2D eigenvalue weighted by molar-refractivity contribution is 5.39. The molecule has 0 heterocycles. The van der Waals surface area contributed by atoms with E-state index in [2.05, 4.69) is 70.9 Å². The van der Waals surface area contributed by atoms with Crippen LogP contribution >= 0.6 is 0 Å². The van der Waals surface area contributed by atoms with Crippen LogP contribution in [0.25, 0.3) is 0 Å². The molecule has 0 N–H and O–H groups in total. The van der Waals surface area contributed by atoms with Crippen molar-refractivity contribution in [1.82, 2.24) is 5.01 Å². The standard InChI is InChI=1S/C16H27N3/c1-12(2)19(13(3)4)18-17-15-10-8-14(9-11-15)16(5,6)7/h8-13H,1-7H3. The summed E-state index contributed by atoms with van der Waals surface area (Å²) in [5, 5.41) is 10.7. The molecule has 0 aromatic heterocycles. The number of rotatable bonds is 4. The zero-order chi connectivity index (χ0) is 14.6. The van der Waals surface area contributed by atoms with Gasteiger partial charge in [-0.15, -0.1) is 5.11 Å². The summed E-state index contributed by atoms with van der Waals surface area (Å²) in [5.41, 5.74) is 2.40. The average molecular weight is 261 g/mol. The summed E-state index contributed by atoms with van der Waals surface area (Å²) in [5.74, 6) is 0. The van der Waals surface area contributed by atoms with Crippen molar-refractivity contribution in [2.45, 2.75) is 66.0 Å². The molecule has 0 amide bonds. The Morgan fingerprint density at radius 1 is 0.895 bits per heavy atom. The minimum absolute atomic E-state index is 0.178. The van der Waals surface area contributed by atoms with E-state index in [4.69, 9.17) is 0 Å². The van der Waals surface area contributed by atoms with Crippen molar-refractivity contribution in [2.75, 3.05) is 0 Å². The van der Waals surface area contributed by atoms with Crippen molar-refractivity contribution >= 4 is 5.69 Å². The zero-order valence-electron chi connectivity index (χ0n) is 13.3. The Morgan fingerprint density at radius 2 is 1.37 bits per heavy atom. The third-order valence-corrected chi connectivity index (χ3v) is 3.05. The van der Waals surface area contributed by atoms with E-state index in [9.17, 15) is 0 Å². The van der Waals surface area contributed by atoms with Crippen molar-refractivity contribution in [2.24, 2.45) is 10.3 Å². The van der Waals surface area contributed by atoms with Crippen LogP contribution < -0.4 is 0 Å². The van der Waals surface area contributed by atoms with Crippen molar-refractivity contribution in [3.05, 3.63) is 29.8 Å². The zero-order valence-corrected chi connectivity index (χ0v) is 13.3. The SMILES string of the molecule is CC(C)N(N=Nc1ccc(C(C)(C)C)cc1)C(C)C. The predicted molar refractivity (Wildman–Crippen MR) is 81.8 cm³/mol. The molecule has 19 heavy (non-hydrogen) atoms. The Kier molecular flexibility index (Phi) is 5.10. The van der Waals surface area contributed by atoms with E-state index >= 15 is 0 Å². The van der Waals surface area contributed by atoms with Gasteiger partial charge in [0.15, 0.2) is 0 Å². The van der Waals surface area contributed by atoms with Gasteiger partial charge in [-0.25, -0.2) is 0 Å². The van der Waals surface area contributed by atoms with E-state index in [1.54, 1.807) is 0 Å². The molecule has 0 bridgehead atoms. The molecule has 1 aromatic rings. The summed E-state index contributed by atoms with van der Waals surface area (Å²) in [4.78, 5) is 0. The topological polar surface area (TPSA) is 28.0 Å². The fourth-order valence-electron chi connectivity index (χ4n) is 1.93. The maximum atomic E-state index is 4.34. The third-order valence-electron chi connectivity index (χ3n) is 3.05. The molecular formula is C16H27N3. The summed E-state index contributed by atoms with van der Waals surface area (Å²) in [7, 11) is 0. The molecule has 0 radical (unpaired) electrons. The normalized spacial score (nSPS) is 12.7. The smallest absolute Gasteiger partial charge is 0.0874 e. The van der Waals surface area contributed by atoms with Crippen LogP contribution in [0.4, 0.5) is 5.69 Å². The Labute approximate surface area is 117 Å².